The lowest BCUT2D eigenvalue weighted by Gasteiger charge is -2.03. The highest BCUT2D eigenvalue weighted by molar-refractivity contribution is 6.32. The Morgan fingerprint density at radius 2 is 1.95 bits per heavy atom. The van der Waals surface area contributed by atoms with E-state index >= 15 is 0 Å². The molecule has 21 heavy (non-hydrogen) atoms. The summed E-state index contributed by atoms with van der Waals surface area (Å²) in [5.74, 6) is -0.285. The number of nitrogens with one attached hydrogen (secondary N) is 1. The molecule has 0 saturated heterocycles. The van der Waals surface area contributed by atoms with Crippen molar-refractivity contribution >= 4 is 35.0 Å². The molecule has 1 amide bonds. The molecule has 0 saturated carbocycles. The van der Waals surface area contributed by atoms with Crippen molar-refractivity contribution < 1.29 is 4.79 Å². The minimum absolute atomic E-state index is 0.285. The Labute approximate surface area is 127 Å². The van der Waals surface area contributed by atoms with Crippen LogP contribution in [0.2, 0.25) is 5.02 Å². The van der Waals surface area contributed by atoms with Crippen LogP contribution in [0.3, 0.4) is 0 Å². The second-order valence-electron chi connectivity index (χ2n) is 4.30. The number of halogens is 1. The molecule has 0 heterocycles. The second-order valence-corrected chi connectivity index (χ2v) is 4.70. The van der Waals surface area contributed by atoms with Gasteiger partial charge >= 0.3 is 0 Å². The molecule has 0 aromatic heterocycles. The maximum atomic E-state index is 11.8. The van der Waals surface area contributed by atoms with Gasteiger partial charge in [0.25, 0.3) is 0 Å². The van der Waals surface area contributed by atoms with E-state index in [2.05, 4.69) is 5.32 Å². The number of hydrogen-bond acceptors (Lipinski definition) is 3. The van der Waals surface area contributed by atoms with Crippen LogP contribution in [0.5, 0.6) is 0 Å². The van der Waals surface area contributed by atoms with Crippen LogP contribution in [0, 0.1) is 11.3 Å². The van der Waals surface area contributed by atoms with Crippen LogP contribution < -0.4 is 11.1 Å². The van der Waals surface area contributed by atoms with Gasteiger partial charge in [-0.05, 0) is 42.0 Å². The number of nitrogens with zero attached hydrogens (tertiary/aromatic N) is 1. The van der Waals surface area contributed by atoms with E-state index < -0.39 is 0 Å². The van der Waals surface area contributed by atoms with Gasteiger partial charge in [-0.2, -0.15) is 5.26 Å². The fourth-order valence-electron chi connectivity index (χ4n) is 1.65. The number of benzene rings is 2. The Morgan fingerprint density at radius 1 is 1.24 bits per heavy atom. The Balaban J connectivity index is 2.03. The number of nitrogens with two attached hydrogens (primary N) is 1. The molecule has 0 fully saturated rings. The third-order valence-corrected chi connectivity index (χ3v) is 3.03. The average molecular weight is 298 g/mol. The van der Waals surface area contributed by atoms with Crippen LogP contribution in [-0.4, -0.2) is 5.91 Å². The topological polar surface area (TPSA) is 78.9 Å². The highest BCUT2D eigenvalue weighted by Gasteiger charge is 2.03. The van der Waals surface area contributed by atoms with E-state index in [9.17, 15) is 4.79 Å². The van der Waals surface area contributed by atoms with Gasteiger partial charge in [-0.3, -0.25) is 4.79 Å². The van der Waals surface area contributed by atoms with Crippen LogP contribution >= 0.6 is 11.6 Å². The molecule has 0 unspecified atom stereocenters. The summed E-state index contributed by atoms with van der Waals surface area (Å²) in [6.07, 6.45) is 3.09. The highest BCUT2D eigenvalue weighted by Crippen LogP contribution is 2.20. The first-order valence-corrected chi connectivity index (χ1v) is 6.50. The minimum atomic E-state index is -0.285. The monoisotopic (exact) mass is 297 g/mol. The molecule has 0 aliphatic rings. The van der Waals surface area contributed by atoms with Crippen molar-refractivity contribution in [2.24, 2.45) is 0 Å². The van der Waals surface area contributed by atoms with Crippen molar-refractivity contribution in [3.05, 3.63) is 64.7 Å². The van der Waals surface area contributed by atoms with Gasteiger partial charge in [-0.15, -0.1) is 0 Å². The van der Waals surface area contributed by atoms with E-state index in [-0.39, 0.29) is 5.91 Å². The van der Waals surface area contributed by atoms with Crippen LogP contribution in [-0.2, 0) is 4.79 Å². The van der Waals surface area contributed by atoms with E-state index in [0.717, 1.165) is 5.56 Å². The van der Waals surface area contributed by atoms with Gasteiger partial charge in [0.05, 0.1) is 10.6 Å². The Bertz CT molecular complexity index is 730. The number of amides is 1. The molecule has 104 valence electrons. The number of carbonyl (C=O) groups is 1. The first kappa shape index (κ1) is 14.6. The number of rotatable bonds is 3. The summed E-state index contributed by atoms with van der Waals surface area (Å²) >= 11 is 5.90. The van der Waals surface area contributed by atoms with E-state index in [1.165, 1.54) is 12.1 Å². The number of carbonyl (C=O) groups excluding carboxylic acids is 1. The van der Waals surface area contributed by atoms with Crippen molar-refractivity contribution in [2.45, 2.75) is 0 Å². The fraction of sp³-hybridized carbons (Fsp3) is 0. The van der Waals surface area contributed by atoms with Crippen LogP contribution in [0.25, 0.3) is 6.08 Å². The molecule has 0 atom stereocenters. The van der Waals surface area contributed by atoms with Gasteiger partial charge in [0.1, 0.15) is 6.07 Å². The zero-order valence-electron chi connectivity index (χ0n) is 11.0. The molecular weight excluding hydrogens is 286 g/mol. The molecule has 3 N–H and O–H groups in total. The van der Waals surface area contributed by atoms with E-state index in [0.29, 0.717) is 22.0 Å². The molecule has 5 heteroatoms. The van der Waals surface area contributed by atoms with Crippen molar-refractivity contribution in [2.75, 3.05) is 11.1 Å². The summed E-state index contributed by atoms with van der Waals surface area (Å²) in [5.41, 5.74) is 8.03. The maximum absolute atomic E-state index is 11.8. The normalized spacial score (nSPS) is 10.3. The molecule has 2 aromatic rings. The van der Waals surface area contributed by atoms with Gasteiger partial charge in [-0.1, -0.05) is 23.7 Å². The maximum Gasteiger partial charge on any atom is 0.248 e. The van der Waals surface area contributed by atoms with Gasteiger partial charge in [0.15, 0.2) is 0 Å². The minimum Gasteiger partial charge on any atom is -0.399 e. The summed E-state index contributed by atoms with van der Waals surface area (Å²) in [5, 5.41) is 11.8. The lowest BCUT2D eigenvalue weighted by atomic mass is 10.2. The molecule has 0 spiro atoms. The molecule has 2 rings (SSSR count). The number of nitrogen functional groups attached to an aromatic ring is 1. The zero-order chi connectivity index (χ0) is 15.2. The molecule has 0 aliphatic heterocycles. The third kappa shape index (κ3) is 4.10. The second kappa shape index (κ2) is 6.60. The Morgan fingerprint density at radius 3 is 2.57 bits per heavy atom. The highest BCUT2D eigenvalue weighted by atomic mass is 35.5. The standard InChI is InChI=1S/C16H12ClN3O/c17-15-9-14(7-4-12(15)10-18)20-16(21)8-3-11-1-5-13(19)6-2-11/h1-9H,19H2,(H,20,21)/b8-3+. The van der Waals surface area contributed by atoms with E-state index in [1.54, 1.807) is 30.3 Å². The molecule has 2 aromatic carbocycles. The van der Waals surface area contributed by atoms with Crippen LogP contribution in [0.1, 0.15) is 11.1 Å². The largest absolute Gasteiger partial charge is 0.399 e. The predicted molar refractivity (Wildman–Crippen MR) is 84.7 cm³/mol. The Kier molecular flexibility index (Phi) is 4.60. The summed E-state index contributed by atoms with van der Waals surface area (Å²) < 4.78 is 0. The van der Waals surface area contributed by atoms with Crippen molar-refractivity contribution in [1.82, 2.24) is 0 Å². The molecule has 4 nitrogen and oxygen atoms in total. The van der Waals surface area contributed by atoms with Gasteiger partial charge in [0, 0.05) is 17.5 Å². The van der Waals surface area contributed by atoms with Crippen molar-refractivity contribution in [3.8, 4) is 6.07 Å². The van der Waals surface area contributed by atoms with Crippen molar-refractivity contribution in [3.63, 3.8) is 0 Å². The first-order chi connectivity index (χ1) is 10.1. The lowest BCUT2D eigenvalue weighted by Crippen LogP contribution is -2.07. The first-order valence-electron chi connectivity index (χ1n) is 6.13. The molecular formula is C16H12ClN3O. The van der Waals surface area contributed by atoms with Crippen molar-refractivity contribution in [1.29, 1.82) is 5.26 Å². The van der Waals surface area contributed by atoms with Gasteiger partial charge < -0.3 is 11.1 Å². The quantitative estimate of drug-likeness (QED) is 0.673. The predicted octanol–water partition coefficient (Wildman–Crippen LogP) is 3.45. The summed E-state index contributed by atoms with van der Waals surface area (Å²) in [7, 11) is 0. The number of nitriles is 1. The van der Waals surface area contributed by atoms with Crippen LogP contribution in [0.4, 0.5) is 11.4 Å². The molecule has 0 bridgehead atoms. The smallest absolute Gasteiger partial charge is 0.248 e. The van der Waals surface area contributed by atoms with E-state index in [1.807, 2.05) is 18.2 Å². The lowest BCUT2D eigenvalue weighted by molar-refractivity contribution is -0.111. The van der Waals surface area contributed by atoms with E-state index in [4.69, 9.17) is 22.6 Å². The number of hydrogen-bond donors (Lipinski definition) is 2. The van der Waals surface area contributed by atoms with Gasteiger partial charge in [0.2, 0.25) is 5.91 Å². The molecule has 0 aliphatic carbocycles. The fourth-order valence-corrected chi connectivity index (χ4v) is 1.87. The summed E-state index contributed by atoms with van der Waals surface area (Å²) in [6.45, 7) is 0. The van der Waals surface area contributed by atoms with Gasteiger partial charge in [-0.25, -0.2) is 0 Å². The van der Waals surface area contributed by atoms with Crippen LogP contribution in [0.15, 0.2) is 48.5 Å². The summed E-state index contributed by atoms with van der Waals surface area (Å²) in [6, 6.07) is 13.8. The number of anilines is 2. The zero-order valence-corrected chi connectivity index (χ0v) is 11.8. The average Bonchev–Trinajstić information content (AvgIpc) is 2.47. The molecule has 0 radical (unpaired) electrons. The Hall–Kier alpha value is -2.77. The summed E-state index contributed by atoms with van der Waals surface area (Å²) in [4.78, 5) is 11.8. The SMILES string of the molecule is N#Cc1ccc(NC(=O)/C=C/c2ccc(N)cc2)cc1Cl. The third-order valence-electron chi connectivity index (χ3n) is 2.72.